The molecule has 1 aliphatic heterocycles. The second-order valence-electron chi connectivity index (χ2n) is 5.97. The van der Waals surface area contributed by atoms with Gasteiger partial charge in [-0.3, -0.25) is 4.79 Å². The molecular weight excluding hydrogens is 374 g/mol. The fourth-order valence-electron chi connectivity index (χ4n) is 2.74. The van der Waals surface area contributed by atoms with E-state index in [0.29, 0.717) is 18.0 Å². The van der Waals surface area contributed by atoms with Gasteiger partial charge in [0.1, 0.15) is 0 Å². The first-order valence-corrected chi connectivity index (χ1v) is 10.6. The summed E-state index contributed by atoms with van der Waals surface area (Å²) in [7, 11) is -3.53. The van der Waals surface area contributed by atoms with Crippen LogP contribution in [0.25, 0.3) is 0 Å². The molecule has 0 unspecified atom stereocenters. The Kier molecular flexibility index (Phi) is 5.85. The third kappa shape index (κ3) is 4.20. The van der Waals surface area contributed by atoms with Crippen LogP contribution in [0.5, 0.6) is 0 Å². The summed E-state index contributed by atoms with van der Waals surface area (Å²) in [5, 5.41) is 1.77. The summed E-state index contributed by atoms with van der Waals surface area (Å²) in [6.07, 6.45) is 2.77. The number of ketones is 1. The molecule has 0 spiro atoms. The third-order valence-electron chi connectivity index (χ3n) is 4.17. The van der Waals surface area contributed by atoms with E-state index in [0.717, 1.165) is 19.3 Å². The molecule has 0 aliphatic carbocycles. The van der Waals surface area contributed by atoms with Crippen molar-refractivity contribution in [3.63, 3.8) is 0 Å². The number of ether oxygens (including phenoxy) is 1. The van der Waals surface area contributed by atoms with Crippen LogP contribution in [-0.2, 0) is 14.8 Å². The van der Waals surface area contributed by atoms with E-state index in [9.17, 15) is 18.0 Å². The molecule has 138 valence electrons. The summed E-state index contributed by atoms with van der Waals surface area (Å²) >= 11 is 1.28. The van der Waals surface area contributed by atoms with Gasteiger partial charge in [0.2, 0.25) is 15.8 Å². The first-order chi connectivity index (χ1) is 12.5. The Hall–Kier alpha value is -2.03. The summed E-state index contributed by atoms with van der Waals surface area (Å²) in [6.45, 7) is 0.709. The van der Waals surface area contributed by atoms with Crippen LogP contribution >= 0.6 is 11.3 Å². The summed E-state index contributed by atoms with van der Waals surface area (Å²) in [5.74, 6) is -0.922. The molecule has 26 heavy (non-hydrogen) atoms. The molecule has 2 aromatic rings. The zero-order chi connectivity index (χ0) is 18.6. The van der Waals surface area contributed by atoms with E-state index >= 15 is 0 Å². The van der Waals surface area contributed by atoms with Gasteiger partial charge in [0, 0.05) is 13.1 Å². The summed E-state index contributed by atoms with van der Waals surface area (Å²) in [5.41, 5.74) is 0.210. The molecule has 1 saturated heterocycles. The Labute approximate surface area is 156 Å². The molecule has 1 aromatic heterocycles. The number of hydrogen-bond donors (Lipinski definition) is 0. The smallest absolute Gasteiger partial charge is 0.338 e. The quantitative estimate of drug-likeness (QED) is 0.557. The molecule has 0 amide bonds. The number of thiophene rings is 1. The number of benzene rings is 1. The third-order valence-corrected chi connectivity index (χ3v) is 7.00. The zero-order valence-corrected chi connectivity index (χ0v) is 15.7. The van der Waals surface area contributed by atoms with Crippen LogP contribution in [0.1, 0.15) is 39.3 Å². The Morgan fingerprint density at radius 3 is 2.35 bits per heavy atom. The first kappa shape index (κ1) is 18.8. The number of piperidine rings is 1. The fraction of sp³-hybridized carbons (Fsp3) is 0.333. The molecular formula is C18H19NO5S2. The van der Waals surface area contributed by atoms with E-state index in [1.807, 2.05) is 0 Å². The highest BCUT2D eigenvalue weighted by atomic mass is 32.2. The van der Waals surface area contributed by atoms with Crippen molar-refractivity contribution >= 4 is 33.1 Å². The molecule has 0 N–H and O–H groups in total. The summed E-state index contributed by atoms with van der Waals surface area (Å²) in [6, 6.07) is 9.05. The largest absolute Gasteiger partial charge is 0.454 e. The van der Waals surface area contributed by atoms with Crippen molar-refractivity contribution < 1.29 is 22.7 Å². The molecule has 6 nitrogen and oxygen atoms in total. The van der Waals surface area contributed by atoms with Gasteiger partial charge in [-0.1, -0.05) is 12.5 Å². The van der Waals surface area contributed by atoms with Crippen molar-refractivity contribution in [1.82, 2.24) is 4.31 Å². The Morgan fingerprint density at radius 2 is 1.73 bits per heavy atom. The SMILES string of the molecule is O=C(OCC(=O)c1cccs1)c1ccc(S(=O)(=O)N2CCCCC2)cc1. The number of rotatable bonds is 6. The van der Waals surface area contributed by atoms with Crippen molar-refractivity contribution in [1.29, 1.82) is 0 Å². The maximum Gasteiger partial charge on any atom is 0.338 e. The van der Waals surface area contributed by atoms with E-state index in [1.165, 1.54) is 39.9 Å². The number of hydrogen-bond acceptors (Lipinski definition) is 6. The van der Waals surface area contributed by atoms with Crippen LogP contribution in [0.3, 0.4) is 0 Å². The summed E-state index contributed by atoms with van der Waals surface area (Å²) < 4.78 is 31.7. The van der Waals surface area contributed by atoms with Crippen molar-refractivity contribution in [2.24, 2.45) is 0 Å². The van der Waals surface area contributed by atoms with Crippen LogP contribution in [0.4, 0.5) is 0 Å². The molecule has 1 aromatic carbocycles. The van der Waals surface area contributed by atoms with E-state index in [4.69, 9.17) is 4.74 Å². The van der Waals surface area contributed by atoms with Gasteiger partial charge in [0.15, 0.2) is 6.61 Å². The average Bonchev–Trinajstić information content (AvgIpc) is 3.21. The molecule has 0 bridgehead atoms. The van der Waals surface area contributed by atoms with Gasteiger partial charge in [-0.05, 0) is 48.6 Å². The van der Waals surface area contributed by atoms with Gasteiger partial charge in [0.25, 0.3) is 0 Å². The average molecular weight is 393 g/mol. The van der Waals surface area contributed by atoms with E-state index in [1.54, 1.807) is 17.5 Å². The van der Waals surface area contributed by atoms with Crippen LogP contribution in [0.2, 0.25) is 0 Å². The first-order valence-electron chi connectivity index (χ1n) is 8.32. The minimum atomic E-state index is -3.53. The van der Waals surface area contributed by atoms with E-state index in [2.05, 4.69) is 0 Å². The zero-order valence-electron chi connectivity index (χ0n) is 14.1. The maximum absolute atomic E-state index is 12.6. The van der Waals surface area contributed by atoms with Gasteiger partial charge < -0.3 is 4.74 Å². The monoisotopic (exact) mass is 393 g/mol. The highest BCUT2D eigenvalue weighted by Gasteiger charge is 2.26. The number of esters is 1. The number of nitrogens with zero attached hydrogens (tertiary/aromatic N) is 1. The van der Waals surface area contributed by atoms with Gasteiger partial charge in [-0.2, -0.15) is 4.31 Å². The molecule has 0 radical (unpaired) electrons. The predicted octanol–water partition coefficient (Wildman–Crippen LogP) is 2.96. The van der Waals surface area contributed by atoms with Gasteiger partial charge in [-0.15, -0.1) is 11.3 Å². The molecule has 2 heterocycles. The number of Topliss-reactive ketones (excluding diaryl/α,β-unsaturated/α-hetero) is 1. The Balaban J connectivity index is 1.63. The normalized spacial score (nSPS) is 15.5. The van der Waals surface area contributed by atoms with Crippen LogP contribution < -0.4 is 0 Å². The van der Waals surface area contributed by atoms with Crippen molar-refractivity contribution in [3.8, 4) is 0 Å². The molecule has 3 rings (SSSR count). The van der Waals surface area contributed by atoms with Crippen LogP contribution in [0.15, 0.2) is 46.7 Å². The van der Waals surface area contributed by atoms with Crippen LogP contribution in [-0.4, -0.2) is 44.2 Å². The topological polar surface area (TPSA) is 80.8 Å². The highest BCUT2D eigenvalue weighted by Crippen LogP contribution is 2.21. The minimum Gasteiger partial charge on any atom is -0.454 e. The van der Waals surface area contributed by atoms with E-state index < -0.39 is 16.0 Å². The molecule has 0 atom stereocenters. The Bertz CT molecular complexity index is 867. The van der Waals surface area contributed by atoms with Crippen molar-refractivity contribution in [2.75, 3.05) is 19.7 Å². The number of carbonyl (C=O) groups is 2. The number of sulfonamides is 1. The maximum atomic E-state index is 12.6. The van der Waals surface area contributed by atoms with Crippen LogP contribution in [0, 0.1) is 0 Å². The van der Waals surface area contributed by atoms with Crippen molar-refractivity contribution in [3.05, 3.63) is 52.2 Å². The Morgan fingerprint density at radius 1 is 1.04 bits per heavy atom. The highest BCUT2D eigenvalue weighted by molar-refractivity contribution is 7.89. The fourth-order valence-corrected chi connectivity index (χ4v) is 4.91. The van der Waals surface area contributed by atoms with Crippen molar-refractivity contribution in [2.45, 2.75) is 24.2 Å². The second kappa shape index (κ2) is 8.11. The number of carbonyl (C=O) groups excluding carboxylic acids is 2. The molecule has 0 saturated carbocycles. The molecule has 8 heteroatoms. The lowest BCUT2D eigenvalue weighted by atomic mass is 10.2. The van der Waals surface area contributed by atoms with Gasteiger partial charge in [0.05, 0.1) is 15.3 Å². The molecule has 1 fully saturated rings. The minimum absolute atomic E-state index is 0.158. The lowest BCUT2D eigenvalue weighted by Crippen LogP contribution is -2.35. The van der Waals surface area contributed by atoms with Gasteiger partial charge >= 0.3 is 5.97 Å². The predicted molar refractivity (Wildman–Crippen MR) is 98.0 cm³/mol. The van der Waals surface area contributed by atoms with E-state index in [-0.39, 0.29) is 22.8 Å². The summed E-state index contributed by atoms with van der Waals surface area (Å²) in [4.78, 5) is 24.6. The standard InChI is InChI=1S/C18H19NO5S2/c20-16(17-5-4-12-25-17)13-24-18(21)14-6-8-15(9-7-14)26(22,23)19-10-2-1-3-11-19/h4-9,12H,1-3,10-11,13H2. The van der Waals surface area contributed by atoms with Gasteiger partial charge in [-0.25, -0.2) is 13.2 Å². The second-order valence-corrected chi connectivity index (χ2v) is 8.85. The lowest BCUT2D eigenvalue weighted by Gasteiger charge is -2.25. The molecule has 1 aliphatic rings. The lowest BCUT2D eigenvalue weighted by molar-refractivity contribution is 0.0475.